The van der Waals surface area contributed by atoms with E-state index in [4.69, 9.17) is 0 Å². The third-order valence-electron chi connectivity index (χ3n) is 4.96. The number of hydrogen-bond donors (Lipinski definition) is 1. The van der Waals surface area contributed by atoms with Crippen molar-refractivity contribution in [1.82, 2.24) is 10.2 Å². The highest BCUT2D eigenvalue weighted by molar-refractivity contribution is 5.27. The van der Waals surface area contributed by atoms with Crippen LogP contribution in [-0.4, -0.2) is 30.6 Å². The maximum absolute atomic E-state index is 3.57. The average molecular weight is 290 g/mol. The van der Waals surface area contributed by atoms with Gasteiger partial charge in [0.15, 0.2) is 0 Å². The molecule has 0 saturated heterocycles. The zero-order chi connectivity index (χ0) is 15.9. The molecule has 2 heteroatoms. The van der Waals surface area contributed by atoms with Crippen LogP contribution >= 0.6 is 0 Å². The Kier molecular flexibility index (Phi) is 7.41. The van der Waals surface area contributed by atoms with Gasteiger partial charge in [-0.2, -0.15) is 0 Å². The minimum atomic E-state index is 0.143. The van der Waals surface area contributed by atoms with Crippen LogP contribution in [0.3, 0.4) is 0 Å². The molecule has 0 fully saturated rings. The fourth-order valence-corrected chi connectivity index (χ4v) is 3.56. The quantitative estimate of drug-likeness (QED) is 0.724. The van der Waals surface area contributed by atoms with Crippen molar-refractivity contribution in [1.29, 1.82) is 0 Å². The van der Waals surface area contributed by atoms with Crippen LogP contribution in [0.1, 0.15) is 64.6 Å². The van der Waals surface area contributed by atoms with Gasteiger partial charge in [-0.25, -0.2) is 0 Å². The second kappa shape index (κ2) is 8.55. The van der Waals surface area contributed by atoms with Gasteiger partial charge in [-0.05, 0) is 51.0 Å². The van der Waals surface area contributed by atoms with E-state index in [-0.39, 0.29) is 5.54 Å². The van der Waals surface area contributed by atoms with Crippen molar-refractivity contribution in [3.63, 3.8) is 0 Å². The van der Waals surface area contributed by atoms with E-state index in [9.17, 15) is 0 Å². The van der Waals surface area contributed by atoms with Crippen molar-refractivity contribution in [3.05, 3.63) is 35.4 Å². The van der Waals surface area contributed by atoms with Gasteiger partial charge in [0.25, 0.3) is 0 Å². The monoisotopic (exact) mass is 290 g/mol. The molecule has 0 spiro atoms. The first-order chi connectivity index (χ1) is 10.1. The van der Waals surface area contributed by atoms with Gasteiger partial charge in [-0.3, -0.25) is 4.90 Å². The molecule has 1 aromatic rings. The van der Waals surface area contributed by atoms with Crippen LogP contribution in [0.5, 0.6) is 0 Å². The lowest BCUT2D eigenvalue weighted by Gasteiger charge is -2.46. The number of aryl methyl sites for hydroxylation is 1. The summed E-state index contributed by atoms with van der Waals surface area (Å²) in [7, 11) is 2.09. The predicted molar refractivity (Wildman–Crippen MR) is 93.9 cm³/mol. The summed E-state index contributed by atoms with van der Waals surface area (Å²) in [6.45, 7) is 13.6. The molecule has 2 unspecified atom stereocenters. The largest absolute Gasteiger partial charge is 0.311 e. The number of benzene rings is 1. The van der Waals surface area contributed by atoms with E-state index < -0.39 is 0 Å². The number of nitrogens with zero attached hydrogens (tertiary/aromatic N) is 1. The SMILES string of the molecule is CCCc1ccc(C(NC)C(C)(CC)N(CC)CC)cc1. The first kappa shape index (κ1) is 18.2. The maximum atomic E-state index is 3.57. The Morgan fingerprint density at radius 3 is 2.00 bits per heavy atom. The summed E-state index contributed by atoms with van der Waals surface area (Å²) < 4.78 is 0. The van der Waals surface area contributed by atoms with Crippen LogP contribution in [0.15, 0.2) is 24.3 Å². The lowest BCUT2D eigenvalue weighted by atomic mass is 9.82. The van der Waals surface area contributed by atoms with Crippen LogP contribution in [0.4, 0.5) is 0 Å². The summed E-state index contributed by atoms with van der Waals surface area (Å²) in [4.78, 5) is 2.58. The molecule has 0 aromatic heterocycles. The minimum absolute atomic E-state index is 0.143. The maximum Gasteiger partial charge on any atom is 0.0501 e. The van der Waals surface area contributed by atoms with E-state index in [1.54, 1.807) is 0 Å². The highest BCUT2D eigenvalue weighted by atomic mass is 15.2. The number of rotatable bonds is 9. The van der Waals surface area contributed by atoms with Gasteiger partial charge in [-0.1, -0.05) is 58.4 Å². The summed E-state index contributed by atoms with van der Waals surface area (Å²) in [5.41, 5.74) is 2.98. The van der Waals surface area contributed by atoms with E-state index in [0.717, 1.165) is 19.5 Å². The summed E-state index contributed by atoms with van der Waals surface area (Å²) in [5, 5.41) is 3.57. The molecular weight excluding hydrogens is 256 g/mol. The molecule has 0 aliphatic heterocycles. The fourth-order valence-electron chi connectivity index (χ4n) is 3.56. The third-order valence-corrected chi connectivity index (χ3v) is 4.96. The van der Waals surface area contributed by atoms with Crippen molar-refractivity contribution >= 4 is 0 Å². The topological polar surface area (TPSA) is 15.3 Å². The molecule has 2 nitrogen and oxygen atoms in total. The van der Waals surface area contributed by atoms with Crippen LogP contribution < -0.4 is 5.32 Å². The molecular formula is C19H34N2. The third kappa shape index (κ3) is 4.08. The molecule has 1 aromatic carbocycles. The lowest BCUT2D eigenvalue weighted by molar-refractivity contribution is 0.0728. The van der Waals surface area contributed by atoms with Crippen molar-refractivity contribution < 1.29 is 0 Å². The van der Waals surface area contributed by atoms with E-state index >= 15 is 0 Å². The lowest BCUT2D eigenvalue weighted by Crippen LogP contribution is -2.53. The van der Waals surface area contributed by atoms with Crippen molar-refractivity contribution in [2.24, 2.45) is 0 Å². The van der Waals surface area contributed by atoms with Gasteiger partial charge in [0.05, 0.1) is 6.04 Å². The van der Waals surface area contributed by atoms with Gasteiger partial charge in [0.1, 0.15) is 0 Å². The summed E-state index contributed by atoms with van der Waals surface area (Å²) in [6, 6.07) is 9.56. The Hall–Kier alpha value is -0.860. The van der Waals surface area contributed by atoms with Gasteiger partial charge < -0.3 is 5.32 Å². The summed E-state index contributed by atoms with van der Waals surface area (Å²) in [6.07, 6.45) is 3.52. The van der Waals surface area contributed by atoms with Crippen LogP contribution in [0, 0.1) is 0 Å². The zero-order valence-corrected chi connectivity index (χ0v) is 14.9. The van der Waals surface area contributed by atoms with Crippen LogP contribution in [0.2, 0.25) is 0 Å². The van der Waals surface area contributed by atoms with E-state index in [0.29, 0.717) is 6.04 Å². The normalized spacial score (nSPS) is 16.0. The Morgan fingerprint density at radius 1 is 1.05 bits per heavy atom. The second-order valence-electron chi connectivity index (χ2n) is 6.10. The molecule has 1 N–H and O–H groups in total. The minimum Gasteiger partial charge on any atom is -0.311 e. The van der Waals surface area contributed by atoms with E-state index in [2.05, 4.69) is 76.1 Å². The Bertz CT molecular complexity index is 395. The van der Waals surface area contributed by atoms with Gasteiger partial charge in [0, 0.05) is 5.54 Å². The fraction of sp³-hybridized carbons (Fsp3) is 0.684. The van der Waals surface area contributed by atoms with Gasteiger partial charge in [-0.15, -0.1) is 0 Å². The van der Waals surface area contributed by atoms with Gasteiger partial charge in [0.2, 0.25) is 0 Å². The molecule has 2 atom stereocenters. The molecule has 21 heavy (non-hydrogen) atoms. The predicted octanol–water partition coefficient (Wildman–Crippen LogP) is 4.41. The van der Waals surface area contributed by atoms with Crippen LogP contribution in [-0.2, 0) is 6.42 Å². The highest BCUT2D eigenvalue weighted by Crippen LogP contribution is 2.34. The first-order valence-electron chi connectivity index (χ1n) is 8.58. The standard InChI is InChI=1S/C19H34N2/c1-7-11-16-12-14-17(15-13-16)18(20-6)19(5,8-2)21(9-3)10-4/h12-15,18,20H,7-11H2,1-6H3. The molecule has 0 aliphatic carbocycles. The zero-order valence-electron chi connectivity index (χ0n) is 14.9. The summed E-state index contributed by atoms with van der Waals surface area (Å²) in [5.74, 6) is 0. The molecule has 0 amide bonds. The van der Waals surface area contributed by atoms with Crippen molar-refractivity contribution in [3.8, 4) is 0 Å². The second-order valence-corrected chi connectivity index (χ2v) is 6.10. The number of nitrogens with one attached hydrogen (secondary N) is 1. The first-order valence-corrected chi connectivity index (χ1v) is 8.58. The molecule has 0 radical (unpaired) electrons. The van der Waals surface area contributed by atoms with Gasteiger partial charge >= 0.3 is 0 Å². The molecule has 0 saturated carbocycles. The highest BCUT2D eigenvalue weighted by Gasteiger charge is 2.36. The van der Waals surface area contributed by atoms with Crippen molar-refractivity contribution in [2.75, 3.05) is 20.1 Å². The Balaban J connectivity index is 3.08. The summed E-state index contributed by atoms with van der Waals surface area (Å²) >= 11 is 0. The van der Waals surface area contributed by atoms with E-state index in [1.165, 1.54) is 24.0 Å². The average Bonchev–Trinajstić information content (AvgIpc) is 2.51. The smallest absolute Gasteiger partial charge is 0.0501 e. The number of hydrogen-bond acceptors (Lipinski definition) is 2. The van der Waals surface area contributed by atoms with Crippen LogP contribution in [0.25, 0.3) is 0 Å². The Morgan fingerprint density at radius 2 is 1.62 bits per heavy atom. The van der Waals surface area contributed by atoms with E-state index in [1.807, 2.05) is 0 Å². The molecule has 0 heterocycles. The van der Waals surface area contributed by atoms with Crippen molar-refractivity contribution in [2.45, 2.75) is 65.5 Å². The molecule has 0 bridgehead atoms. The Labute approximate surface area is 131 Å². The molecule has 0 aliphatic rings. The number of likely N-dealkylation sites (N-methyl/N-ethyl adjacent to an activating group) is 2. The molecule has 1 rings (SSSR count). The molecule has 120 valence electrons.